The van der Waals surface area contributed by atoms with Crippen molar-refractivity contribution in [1.29, 1.82) is 0 Å². The molecule has 0 fully saturated rings. The van der Waals surface area contributed by atoms with Crippen molar-refractivity contribution in [2.45, 2.75) is 58.7 Å². The van der Waals surface area contributed by atoms with Gasteiger partial charge in [0.05, 0.1) is 0 Å². The van der Waals surface area contributed by atoms with Gasteiger partial charge in [0.15, 0.2) is 0 Å². The maximum absolute atomic E-state index is 10.6. The van der Waals surface area contributed by atoms with Crippen molar-refractivity contribution in [3.63, 3.8) is 0 Å². The van der Waals surface area contributed by atoms with Gasteiger partial charge in [0.1, 0.15) is 0 Å². The van der Waals surface area contributed by atoms with Gasteiger partial charge in [-0.05, 0) is 31.2 Å². The van der Waals surface area contributed by atoms with Crippen LogP contribution in [-0.2, 0) is 4.79 Å². The highest BCUT2D eigenvalue weighted by Crippen LogP contribution is 2.21. The number of halogens is 3. The van der Waals surface area contributed by atoms with E-state index >= 15 is 0 Å². The molecule has 1 atom stereocenters. The lowest BCUT2D eigenvalue weighted by Crippen LogP contribution is -2.26. The zero-order valence-corrected chi connectivity index (χ0v) is 11.8. The van der Waals surface area contributed by atoms with Crippen LogP contribution in [0.25, 0.3) is 0 Å². The Morgan fingerprint density at radius 3 is 1.89 bits per heavy atom. The maximum Gasteiger partial charge on any atom is 0.490 e. The van der Waals surface area contributed by atoms with Crippen LogP contribution < -0.4 is 11.5 Å². The Morgan fingerprint density at radius 1 is 1.21 bits per heavy atom. The largest absolute Gasteiger partial charge is 0.490 e. The number of unbranched alkanes of at least 4 members (excludes halogenated alkanes) is 1. The summed E-state index contributed by atoms with van der Waals surface area (Å²) in [6.45, 7) is 7.49. The SMILES string of the molecule is CC(C)(C)C[C@@H](N)CCCCN.O=C(O)C(F)(F)F. The maximum atomic E-state index is 10.6. The van der Waals surface area contributed by atoms with E-state index in [9.17, 15) is 13.2 Å². The molecule has 0 aliphatic heterocycles. The van der Waals surface area contributed by atoms with Gasteiger partial charge in [-0.15, -0.1) is 0 Å². The quantitative estimate of drug-likeness (QED) is 0.677. The van der Waals surface area contributed by atoms with Crippen LogP contribution in [0.15, 0.2) is 0 Å². The number of rotatable bonds is 5. The molecule has 0 unspecified atom stereocenters. The first kappa shape index (κ1) is 20.5. The Bertz CT molecular complexity index is 250. The van der Waals surface area contributed by atoms with Crippen LogP contribution in [0.1, 0.15) is 46.5 Å². The summed E-state index contributed by atoms with van der Waals surface area (Å²) in [6, 6.07) is 0.358. The van der Waals surface area contributed by atoms with Crippen molar-refractivity contribution in [1.82, 2.24) is 0 Å². The normalized spacial score (nSPS) is 13.5. The van der Waals surface area contributed by atoms with Gasteiger partial charge in [-0.2, -0.15) is 13.2 Å². The minimum Gasteiger partial charge on any atom is -0.475 e. The molecule has 7 heteroatoms. The second kappa shape index (κ2) is 9.14. The van der Waals surface area contributed by atoms with E-state index in [2.05, 4.69) is 20.8 Å². The zero-order chi connectivity index (χ0) is 15.7. The first-order valence-corrected chi connectivity index (χ1v) is 6.16. The molecule has 0 aromatic carbocycles. The fourth-order valence-electron chi connectivity index (χ4n) is 1.44. The Hall–Kier alpha value is -0.820. The van der Waals surface area contributed by atoms with E-state index in [0.717, 1.165) is 25.8 Å². The summed E-state index contributed by atoms with van der Waals surface area (Å²) < 4.78 is 31.7. The molecule has 0 amide bonds. The van der Waals surface area contributed by atoms with Crippen LogP contribution in [0.2, 0.25) is 0 Å². The first-order valence-electron chi connectivity index (χ1n) is 6.16. The molecule has 0 saturated carbocycles. The number of carboxylic acid groups (broad SMARTS) is 1. The summed E-state index contributed by atoms with van der Waals surface area (Å²) in [7, 11) is 0. The Balaban J connectivity index is 0. The summed E-state index contributed by atoms with van der Waals surface area (Å²) in [4.78, 5) is 8.90. The lowest BCUT2D eigenvalue weighted by Gasteiger charge is -2.22. The van der Waals surface area contributed by atoms with Gasteiger partial charge in [-0.3, -0.25) is 0 Å². The van der Waals surface area contributed by atoms with Gasteiger partial charge >= 0.3 is 12.1 Å². The number of nitrogens with two attached hydrogens (primary N) is 2. The monoisotopic (exact) mass is 286 g/mol. The van der Waals surface area contributed by atoms with E-state index in [1.54, 1.807) is 0 Å². The van der Waals surface area contributed by atoms with Crippen LogP contribution in [0.3, 0.4) is 0 Å². The van der Waals surface area contributed by atoms with Gasteiger partial charge in [0.25, 0.3) is 0 Å². The molecule has 0 aliphatic rings. The van der Waals surface area contributed by atoms with Crippen molar-refractivity contribution < 1.29 is 23.1 Å². The van der Waals surface area contributed by atoms with Crippen LogP contribution in [-0.4, -0.2) is 29.8 Å². The number of carbonyl (C=O) groups is 1. The Kier molecular flexibility index (Phi) is 9.86. The molecule has 5 N–H and O–H groups in total. The predicted octanol–water partition coefficient (Wildman–Crippen LogP) is 2.51. The average Bonchev–Trinajstić information content (AvgIpc) is 2.14. The predicted molar refractivity (Wildman–Crippen MR) is 68.6 cm³/mol. The van der Waals surface area contributed by atoms with Gasteiger partial charge < -0.3 is 16.6 Å². The van der Waals surface area contributed by atoms with Crippen LogP contribution in [0, 0.1) is 5.41 Å². The second-order valence-electron chi connectivity index (χ2n) is 5.61. The molecule has 0 radical (unpaired) electrons. The molecule has 0 heterocycles. The van der Waals surface area contributed by atoms with E-state index in [1.165, 1.54) is 6.42 Å². The highest BCUT2D eigenvalue weighted by atomic mass is 19.4. The minimum atomic E-state index is -5.08. The lowest BCUT2D eigenvalue weighted by atomic mass is 9.87. The van der Waals surface area contributed by atoms with Crippen molar-refractivity contribution in [2.24, 2.45) is 16.9 Å². The molecule has 0 aromatic rings. The number of hydrogen-bond acceptors (Lipinski definition) is 3. The fraction of sp³-hybridized carbons (Fsp3) is 0.917. The molecule has 0 aromatic heterocycles. The molecule has 4 nitrogen and oxygen atoms in total. The van der Waals surface area contributed by atoms with E-state index in [4.69, 9.17) is 21.4 Å². The summed E-state index contributed by atoms with van der Waals surface area (Å²) in [5.41, 5.74) is 11.7. The molecule has 116 valence electrons. The zero-order valence-electron chi connectivity index (χ0n) is 11.8. The van der Waals surface area contributed by atoms with Crippen molar-refractivity contribution >= 4 is 5.97 Å². The molecular formula is C12H25F3N2O2. The number of aliphatic carboxylic acids is 1. The molecule has 19 heavy (non-hydrogen) atoms. The average molecular weight is 286 g/mol. The molecule has 0 rings (SSSR count). The number of alkyl halides is 3. The van der Waals surface area contributed by atoms with Gasteiger partial charge in [0.2, 0.25) is 0 Å². The standard InChI is InChI=1S/C10H24N2.C2HF3O2/c1-10(2,3)8-9(12)6-4-5-7-11;3-2(4,5)1(6)7/h9H,4-8,11-12H2,1-3H3;(H,6,7)/t9-;/m0./s1. The van der Waals surface area contributed by atoms with Gasteiger partial charge in [-0.25, -0.2) is 4.79 Å². The highest BCUT2D eigenvalue weighted by molar-refractivity contribution is 5.73. The van der Waals surface area contributed by atoms with Crippen molar-refractivity contribution in [2.75, 3.05) is 6.54 Å². The lowest BCUT2D eigenvalue weighted by molar-refractivity contribution is -0.192. The summed E-state index contributed by atoms with van der Waals surface area (Å²) in [5, 5.41) is 7.12. The summed E-state index contributed by atoms with van der Waals surface area (Å²) in [5.74, 6) is -2.76. The number of hydrogen-bond donors (Lipinski definition) is 3. The Morgan fingerprint density at radius 2 is 1.63 bits per heavy atom. The summed E-state index contributed by atoms with van der Waals surface area (Å²) in [6.07, 6.45) is -0.572. The molecule has 0 aliphatic carbocycles. The third kappa shape index (κ3) is 17.2. The van der Waals surface area contributed by atoms with Crippen LogP contribution in [0.5, 0.6) is 0 Å². The topological polar surface area (TPSA) is 89.3 Å². The first-order chi connectivity index (χ1) is 8.40. The van der Waals surface area contributed by atoms with E-state index in [-0.39, 0.29) is 0 Å². The van der Waals surface area contributed by atoms with Crippen molar-refractivity contribution in [3.05, 3.63) is 0 Å². The summed E-state index contributed by atoms with van der Waals surface area (Å²) >= 11 is 0. The fourth-order valence-corrected chi connectivity index (χ4v) is 1.44. The minimum absolute atomic E-state index is 0.358. The van der Waals surface area contributed by atoms with E-state index in [1.807, 2.05) is 0 Å². The van der Waals surface area contributed by atoms with Crippen LogP contribution in [0.4, 0.5) is 13.2 Å². The highest BCUT2D eigenvalue weighted by Gasteiger charge is 2.38. The van der Waals surface area contributed by atoms with Gasteiger partial charge in [0, 0.05) is 6.04 Å². The molecule has 0 spiro atoms. The second-order valence-corrected chi connectivity index (χ2v) is 5.61. The third-order valence-corrected chi connectivity index (χ3v) is 2.15. The van der Waals surface area contributed by atoms with Crippen molar-refractivity contribution in [3.8, 4) is 0 Å². The smallest absolute Gasteiger partial charge is 0.475 e. The van der Waals surface area contributed by atoms with E-state index < -0.39 is 12.1 Å². The van der Waals surface area contributed by atoms with Gasteiger partial charge in [-0.1, -0.05) is 27.2 Å². The number of carboxylic acids is 1. The van der Waals surface area contributed by atoms with Crippen LogP contribution >= 0.6 is 0 Å². The molecular weight excluding hydrogens is 261 g/mol. The molecule has 0 bridgehead atoms. The van der Waals surface area contributed by atoms with E-state index in [0.29, 0.717) is 11.5 Å². The Labute approximate surface area is 112 Å². The third-order valence-electron chi connectivity index (χ3n) is 2.15. The molecule has 0 saturated heterocycles.